The quantitative estimate of drug-likeness (QED) is 0.574. The fourth-order valence-corrected chi connectivity index (χ4v) is 2.56. The van der Waals surface area contributed by atoms with E-state index < -0.39 is 10.7 Å². The molecule has 128 valence electrons. The summed E-state index contributed by atoms with van der Waals surface area (Å²) in [6.07, 6.45) is 0. The summed E-state index contributed by atoms with van der Waals surface area (Å²) < 4.78 is 19.3. The summed E-state index contributed by atoms with van der Waals surface area (Å²) in [6.45, 7) is 3.01. The van der Waals surface area contributed by atoms with Crippen molar-refractivity contribution in [2.45, 2.75) is 6.92 Å². The van der Waals surface area contributed by atoms with E-state index in [1.54, 1.807) is 12.1 Å². The van der Waals surface area contributed by atoms with E-state index in [0.29, 0.717) is 22.9 Å². The Kier molecular flexibility index (Phi) is 5.75. The monoisotopic (exact) mass is 352 g/mol. The van der Waals surface area contributed by atoms with Crippen LogP contribution in [0.25, 0.3) is 11.1 Å². The highest BCUT2D eigenvalue weighted by Gasteiger charge is 2.20. The Hall–Kier alpha value is -2.18. The molecule has 0 aliphatic heterocycles. The van der Waals surface area contributed by atoms with Crippen LogP contribution in [0.15, 0.2) is 30.3 Å². The van der Waals surface area contributed by atoms with Gasteiger partial charge in [0.1, 0.15) is 18.2 Å². The lowest BCUT2D eigenvalue weighted by Crippen LogP contribution is -2.19. The van der Waals surface area contributed by atoms with Crippen LogP contribution in [0.4, 0.5) is 10.1 Å². The van der Waals surface area contributed by atoms with Crippen molar-refractivity contribution in [1.82, 2.24) is 4.90 Å². The maximum absolute atomic E-state index is 13.6. The molecule has 0 bridgehead atoms. The molecule has 2 aromatic rings. The van der Waals surface area contributed by atoms with E-state index in [1.165, 1.54) is 0 Å². The first-order valence-corrected chi connectivity index (χ1v) is 7.69. The molecular formula is C17H18ClFN2O3. The van der Waals surface area contributed by atoms with Crippen LogP contribution in [-0.4, -0.2) is 37.1 Å². The van der Waals surface area contributed by atoms with Crippen molar-refractivity contribution in [3.63, 3.8) is 0 Å². The highest BCUT2D eigenvalue weighted by atomic mass is 35.5. The third-order valence-electron chi connectivity index (χ3n) is 3.51. The van der Waals surface area contributed by atoms with Gasteiger partial charge in [0, 0.05) is 23.2 Å². The molecule has 0 radical (unpaired) electrons. The summed E-state index contributed by atoms with van der Waals surface area (Å²) >= 11 is 6.24. The van der Waals surface area contributed by atoms with E-state index >= 15 is 0 Å². The standard InChI is InChI=1S/C17H18ClFN2O3/c1-11-8-15(18)13(10-17(11)24-7-6-20(2)3)14-9-12(19)4-5-16(14)21(22)23/h4-5,8-10H,6-7H2,1-3H3. The lowest BCUT2D eigenvalue weighted by atomic mass is 10.0. The number of hydrogen-bond donors (Lipinski definition) is 0. The van der Waals surface area contributed by atoms with Gasteiger partial charge >= 0.3 is 0 Å². The van der Waals surface area contributed by atoms with Crippen LogP contribution in [-0.2, 0) is 0 Å². The van der Waals surface area contributed by atoms with Gasteiger partial charge < -0.3 is 9.64 Å². The predicted molar refractivity (Wildman–Crippen MR) is 92.3 cm³/mol. The van der Waals surface area contributed by atoms with Crippen LogP contribution in [0, 0.1) is 22.9 Å². The molecule has 2 aromatic carbocycles. The smallest absolute Gasteiger partial charge is 0.277 e. The van der Waals surface area contributed by atoms with Crippen molar-refractivity contribution in [3.8, 4) is 16.9 Å². The van der Waals surface area contributed by atoms with Crippen molar-refractivity contribution in [1.29, 1.82) is 0 Å². The van der Waals surface area contributed by atoms with Crippen LogP contribution >= 0.6 is 11.6 Å². The SMILES string of the molecule is Cc1cc(Cl)c(-c2cc(F)ccc2[N+](=O)[O-])cc1OCCN(C)C. The number of aryl methyl sites for hydroxylation is 1. The van der Waals surface area contributed by atoms with E-state index in [1.807, 2.05) is 25.9 Å². The Morgan fingerprint density at radius 2 is 1.96 bits per heavy atom. The zero-order valence-electron chi connectivity index (χ0n) is 13.7. The minimum atomic E-state index is -0.567. The van der Waals surface area contributed by atoms with Gasteiger partial charge in [-0.3, -0.25) is 10.1 Å². The lowest BCUT2D eigenvalue weighted by molar-refractivity contribution is -0.384. The molecule has 0 aromatic heterocycles. The first-order chi connectivity index (χ1) is 11.3. The molecule has 24 heavy (non-hydrogen) atoms. The number of nitrogens with zero attached hydrogens (tertiary/aromatic N) is 2. The maximum Gasteiger partial charge on any atom is 0.277 e. The van der Waals surface area contributed by atoms with Crippen molar-refractivity contribution in [3.05, 3.63) is 56.8 Å². The molecule has 7 heteroatoms. The molecule has 5 nitrogen and oxygen atoms in total. The summed E-state index contributed by atoms with van der Waals surface area (Å²) in [7, 11) is 3.86. The third kappa shape index (κ3) is 4.21. The number of hydrogen-bond acceptors (Lipinski definition) is 4. The summed E-state index contributed by atoms with van der Waals surface area (Å²) in [5, 5.41) is 11.5. The largest absolute Gasteiger partial charge is 0.492 e. The number of benzene rings is 2. The van der Waals surface area contributed by atoms with Gasteiger partial charge in [0.05, 0.1) is 10.5 Å². The van der Waals surface area contributed by atoms with E-state index in [9.17, 15) is 14.5 Å². The summed E-state index contributed by atoms with van der Waals surface area (Å²) in [5.41, 5.74) is 1.10. The van der Waals surface area contributed by atoms with E-state index in [0.717, 1.165) is 30.3 Å². The Balaban J connectivity index is 2.47. The van der Waals surface area contributed by atoms with Crippen molar-refractivity contribution in [2.75, 3.05) is 27.2 Å². The van der Waals surface area contributed by atoms with Gasteiger partial charge in [-0.05, 0) is 50.8 Å². The molecule has 0 N–H and O–H groups in total. The lowest BCUT2D eigenvalue weighted by Gasteiger charge is -2.15. The van der Waals surface area contributed by atoms with Gasteiger partial charge in [-0.1, -0.05) is 11.6 Å². The topological polar surface area (TPSA) is 55.6 Å². The van der Waals surface area contributed by atoms with Crippen LogP contribution < -0.4 is 4.74 Å². The van der Waals surface area contributed by atoms with Crippen LogP contribution in [0.2, 0.25) is 5.02 Å². The van der Waals surface area contributed by atoms with Crippen LogP contribution in [0.1, 0.15) is 5.56 Å². The van der Waals surface area contributed by atoms with Gasteiger partial charge in [-0.25, -0.2) is 4.39 Å². The number of ether oxygens (including phenoxy) is 1. The molecule has 0 aliphatic carbocycles. The summed E-state index contributed by atoms with van der Waals surface area (Å²) in [6, 6.07) is 6.58. The Labute approximate surface area is 144 Å². The average molecular weight is 353 g/mol. The average Bonchev–Trinajstić information content (AvgIpc) is 2.48. The number of halogens is 2. The predicted octanol–water partition coefficient (Wildman–Crippen LogP) is 4.30. The third-order valence-corrected chi connectivity index (χ3v) is 3.82. The fraction of sp³-hybridized carbons (Fsp3) is 0.294. The Morgan fingerprint density at radius 1 is 1.25 bits per heavy atom. The van der Waals surface area contributed by atoms with Gasteiger partial charge in [0.15, 0.2) is 0 Å². The summed E-state index contributed by atoms with van der Waals surface area (Å²) in [4.78, 5) is 12.6. The van der Waals surface area contributed by atoms with Gasteiger partial charge in [0.2, 0.25) is 0 Å². The molecule has 0 heterocycles. The molecule has 0 saturated carbocycles. The number of nitro benzene ring substituents is 1. The number of nitro groups is 1. The Morgan fingerprint density at radius 3 is 2.58 bits per heavy atom. The van der Waals surface area contributed by atoms with E-state index in [2.05, 4.69) is 0 Å². The van der Waals surface area contributed by atoms with Crippen molar-refractivity contribution < 1.29 is 14.1 Å². The molecule has 0 spiro atoms. The highest BCUT2D eigenvalue weighted by molar-refractivity contribution is 6.33. The van der Waals surface area contributed by atoms with Gasteiger partial charge in [-0.15, -0.1) is 0 Å². The van der Waals surface area contributed by atoms with Gasteiger partial charge in [-0.2, -0.15) is 0 Å². The normalized spacial score (nSPS) is 10.9. The minimum absolute atomic E-state index is 0.127. The van der Waals surface area contributed by atoms with E-state index in [-0.39, 0.29) is 11.3 Å². The highest BCUT2D eigenvalue weighted by Crippen LogP contribution is 2.38. The fourth-order valence-electron chi connectivity index (χ4n) is 2.24. The molecule has 2 rings (SSSR count). The molecule has 0 unspecified atom stereocenters. The van der Waals surface area contributed by atoms with Crippen molar-refractivity contribution >= 4 is 17.3 Å². The van der Waals surface area contributed by atoms with Gasteiger partial charge in [0.25, 0.3) is 5.69 Å². The zero-order chi connectivity index (χ0) is 17.9. The molecule has 0 saturated heterocycles. The molecule has 0 aliphatic rings. The summed E-state index contributed by atoms with van der Waals surface area (Å²) in [5.74, 6) is -0.00266. The van der Waals surface area contributed by atoms with Crippen LogP contribution in [0.5, 0.6) is 5.75 Å². The minimum Gasteiger partial charge on any atom is -0.492 e. The number of likely N-dealkylation sites (N-methyl/N-ethyl adjacent to an activating group) is 1. The van der Waals surface area contributed by atoms with Crippen molar-refractivity contribution in [2.24, 2.45) is 0 Å². The first kappa shape index (κ1) is 18.2. The Bertz CT molecular complexity index is 766. The maximum atomic E-state index is 13.6. The number of rotatable bonds is 6. The second kappa shape index (κ2) is 7.59. The first-order valence-electron chi connectivity index (χ1n) is 7.31. The molecule has 0 amide bonds. The molecule has 0 atom stereocenters. The molecular weight excluding hydrogens is 335 g/mol. The second-order valence-corrected chi connectivity index (χ2v) is 6.08. The zero-order valence-corrected chi connectivity index (χ0v) is 14.4. The van der Waals surface area contributed by atoms with Crippen LogP contribution in [0.3, 0.4) is 0 Å². The second-order valence-electron chi connectivity index (χ2n) is 5.67. The molecule has 0 fully saturated rings. The van der Waals surface area contributed by atoms with E-state index in [4.69, 9.17) is 16.3 Å².